The number of benzene rings is 1. The van der Waals surface area contributed by atoms with Gasteiger partial charge in [0.25, 0.3) is 0 Å². The van der Waals surface area contributed by atoms with Crippen LogP contribution in [0.3, 0.4) is 0 Å². The number of rotatable bonds is 7. The number of allylic oxidation sites excluding steroid dienone is 4. The quantitative estimate of drug-likeness (QED) is 0.476. The van der Waals surface area contributed by atoms with Crippen molar-refractivity contribution >= 4 is 17.3 Å². The van der Waals surface area contributed by atoms with Crippen LogP contribution in [0.15, 0.2) is 40.7 Å². The highest BCUT2D eigenvalue weighted by Gasteiger charge is 2.66. The minimum atomic E-state index is -0.327. The lowest BCUT2D eigenvalue weighted by atomic mass is 9.66. The second-order valence-corrected chi connectivity index (χ2v) is 11.7. The normalized spacial score (nSPS) is 32.8. The van der Waals surface area contributed by atoms with E-state index in [1.54, 1.807) is 27.0 Å². The van der Waals surface area contributed by atoms with Crippen LogP contribution in [-0.2, 0) is 14.4 Å². The van der Waals surface area contributed by atoms with E-state index >= 15 is 0 Å². The largest absolute Gasteiger partial charge is 0.496 e. The molecule has 0 spiro atoms. The summed E-state index contributed by atoms with van der Waals surface area (Å²) in [6.45, 7) is 12.1. The first kappa shape index (κ1) is 24.0. The summed E-state index contributed by atoms with van der Waals surface area (Å²) in [4.78, 5) is 39.0. The number of Topliss-reactive ketones (excluding diaryl/α,β-unsaturated/α-hetero) is 3. The van der Waals surface area contributed by atoms with E-state index in [9.17, 15) is 14.4 Å². The molecule has 2 saturated carbocycles. The Morgan fingerprint density at radius 1 is 1.06 bits per heavy atom. The number of carbonyl (C=O) groups is 3. The fraction of sp³-hybridized carbons (Fsp3) is 0.567. The highest BCUT2D eigenvalue weighted by atomic mass is 16.5. The summed E-state index contributed by atoms with van der Waals surface area (Å²) in [7, 11) is 1.62. The van der Waals surface area contributed by atoms with E-state index in [4.69, 9.17) is 9.47 Å². The number of ketones is 3. The molecule has 0 radical (unpaired) electrons. The van der Waals surface area contributed by atoms with E-state index < -0.39 is 0 Å². The molecule has 2 fully saturated rings. The van der Waals surface area contributed by atoms with Crippen LogP contribution >= 0.6 is 0 Å². The lowest BCUT2D eigenvalue weighted by Crippen LogP contribution is -2.42. The Balaban J connectivity index is 1.42. The van der Waals surface area contributed by atoms with Gasteiger partial charge in [-0.05, 0) is 93.4 Å². The number of ether oxygens (including phenoxy) is 2. The molecule has 0 saturated heterocycles. The minimum absolute atomic E-state index is 0.0327. The van der Waals surface area contributed by atoms with Gasteiger partial charge >= 0.3 is 0 Å². The van der Waals surface area contributed by atoms with Gasteiger partial charge in [-0.25, -0.2) is 0 Å². The second-order valence-electron chi connectivity index (χ2n) is 11.7. The molecule has 0 unspecified atom stereocenters. The molecular formula is C30H36O5. The average Bonchev–Trinajstić information content (AvgIpc) is 3.07. The zero-order chi connectivity index (χ0) is 25.4. The van der Waals surface area contributed by atoms with Gasteiger partial charge in [-0.1, -0.05) is 25.0 Å². The van der Waals surface area contributed by atoms with Crippen LogP contribution in [-0.4, -0.2) is 24.5 Å². The molecule has 0 heterocycles. The first-order chi connectivity index (χ1) is 16.5. The molecule has 5 heteroatoms. The number of aryl methyl sites for hydroxylation is 1. The number of fused-ring (bicyclic) bond motifs is 5. The molecule has 5 nitrogen and oxygen atoms in total. The van der Waals surface area contributed by atoms with Crippen molar-refractivity contribution in [1.82, 2.24) is 0 Å². The van der Waals surface area contributed by atoms with Gasteiger partial charge in [-0.15, -0.1) is 0 Å². The third kappa shape index (κ3) is 3.53. The summed E-state index contributed by atoms with van der Waals surface area (Å²) in [6.07, 6.45) is 2.39. The van der Waals surface area contributed by atoms with Gasteiger partial charge in [0.2, 0.25) is 5.78 Å². The minimum Gasteiger partial charge on any atom is -0.496 e. The van der Waals surface area contributed by atoms with E-state index in [0.717, 1.165) is 24.2 Å². The fourth-order valence-electron chi connectivity index (χ4n) is 7.62. The first-order valence-corrected chi connectivity index (χ1v) is 12.8. The highest BCUT2D eigenvalue weighted by Crippen LogP contribution is 2.71. The van der Waals surface area contributed by atoms with Crippen LogP contribution in [0.4, 0.5) is 0 Å². The second kappa shape index (κ2) is 8.18. The standard InChI is InChI=1S/C30H36O5/c1-14-12-18(9-11-22(14)34-7)35-29-17(4)27(32)25-20-13-19(24(25)28(29)33)16(3)23(20)26-21(30(26,5)6)10-8-15(2)31/h9,11-12,19-21,24-26H,8,10,13H2,1-7H3/t19-,20+,21-,24+,25-,26-/m0/s1. The summed E-state index contributed by atoms with van der Waals surface area (Å²) in [5.74, 6) is 2.27. The Labute approximate surface area is 207 Å². The number of hydrogen-bond donors (Lipinski definition) is 0. The fourth-order valence-corrected chi connectivity index (χ4v) is 7.62. The third-order valence-corrected chi connectivity index (χ3v) is 9.49. The van der Waals surface area contributed by atoms with Gasteiger partial charge in [-0.2, -0.15) is 0 Å². The predicted molar refractivity (Wildman–Crippen MR) is 133 cm³/mol. The van der Waals surface area contributed by atoms with E-state index in [2.05, 4.69) is 20.8 Å². The average molecular weight is 477 g/mol. The molecule has 0 aliphatic heterocycles. The van der Waals surface area contributed by atoms with Crippen molar-refractivity contribution in [2.45, 2.75) is 60.8 Å². The molecule has 1 aromatic carbocycles. The molecule has 186 valence electrons. The maximum absolute atomic E-state index is 13.8. The van der Waals surface area contributed by atoms with Crippen LogP contribution in [0.2, 0.25) is 0 Å². The van der Waals surface area contributed by atoms with Crippen molar-refractivity contribution in [3.05, 3.63) is 46.2 Å². The molecule has 0 N–H and O–H groups in total. The van der Waals surface area contributed by atoms with E-state index in [1.165, 1.54) is 11.1 Å². The monoisotopic (exact) mass is 476 g/mol. The summed E-state index contributed by atoms with van der Waals surface area (Å²) >= 11 is 0. The van der Waals surface area contributed by atoms with Crippen molar-refractivity contribution in [2.24, 2.45) is 40.9 Å². The SMILES string of the molecule is COc1ccc(OC2=C(C)C(=O)[C@@H]3[C@H](C2=O)[C@H]2C[C@@H]3C([C@@H]3[C@H](CCC(C)=O)C3(C)C)=C2C)cc1C. The van der Waals surface area contributed by atoms with Crippen molar-refractivity contribution in [2.75, 3.05) is 7.11 Å². The molecule has 4 aliphatic carbocycles. The number of carbonyl (C=O) groups excluding carboxylic acids is 3. The topological polar surface area (TPSA) is 69.7 Å². The van der Waals surface area contributed by atoms with Gasteiger partial charge in [0, 0.05) is 23.8 Å². The van der Waals surface area contributed by atoms with Crippen LogP contribution in [0.25, 0.3) is 0 Å². The van der Waals surface area contributed by atoms with Gasteiger partial charge in [0.15, 0.2) is 11.5 Å². The summed E-state index contributed by atoms with van der Waals surface area (Å²) in [5, 5.41) is 0. The van der Waals surface area contributed by atoms with E-state index in [0.29, 0.717) is 29.6 Å². The predicted octanol–water partition coefficient (Wildman–Crippen LogP) is 5.65. The van der Waals surface area contributed by atoms with Gasteiger partial charge in [0.05, 0.1) is 7.11 Å². The van der Waals surface area contributed by atoms with Crippen molar-refractivity contribution in [3.63, 3.8) is 0 Å². The molecule has 2 bridgehead atoms. The van der Waals surface area contributed by atoms with Crippen molar-refractivity contribution in [3.8, 4) is 11.5 Å². The maximum Gasteiger partial charge on any atom is 0.202 e. The smallest absolute Gasteiger partial charge is 0.202 e. The zero-order valence-corrected chi connectivity index (χ0v) is 21.9. The lowest BCUT2D eigenvalue weighted by molar-refractivity contribution is -0.133. The van der Waals surface area contributed by atoms with Gasteiger partial charge in [-0.3, -0.25) is 9.59 Å². The Morgan fingerprint density at radius 2 is 1.74 bits per heavy atom. The Bertz CT molecular complexity index is 1200. The van der Waals surface area contributed by atoms with Crippen LogP contribution in [0, 0.1) is 47.8 Å². The van der Waals surface area contributed by atoms with Gasteiger partial charge < -0.3 is 14.3 Å². The molecule has 6 atom stereocenters. The van der Waals surface area contributed by atoms with Gasteiger partial charge in [0.1, 0.15) is 17.3 Å². The van der Waals surface area contributed by atoms with Crippen molar-refractivity contribution < 1.29 is 23.9 Å². The number of hydrogen-bond acceptors (Lipinski definition) is 5. The lowest BCUT2D eigenvalue weighted by Gasteiger charge is -2.36. The molecule has 0 amide bonds. The van der Waals surface area contributed by atoms with E-state index in [1.807, 2.05) is 19.1 Å². The summed E-state index contributed by atoms with van der Waals surface area (Å²) in [5.41, 5.74) is 4.21. The molecule has 4 aliphatic rings. The maximum atomic E-state index is 13.8. The van der Waals surface area contributed by atoms with Crippen LogP contribution in [0.5, 0.6) is 11.5 Å². The zero-order valence-electron chi connectivity index (χ0n) is 21.9. The Hall–Kier alpha value is -2.69. The van der Waals surface area contributed by atoms with E-state index in [-0.39, 0.29) is 52.2 Å². The highest BCUT2D eigenvalue weighted by molar-refractivity contribution is 6.13. The molecule has 0 aromatic heterocycles. The van der Waals surface area contributed by atoms with Crippen LogP contribution in [0.1, 0.15) is 59.4 Å². The molecular weight excluding hydrogens is 440 g/mol. The Kier molecular flexibility index (Phi) is 5.61. The Morgan fingerprint density at radius 3 is 2.37 bits per heavy atom. The summed E-state index contributed by atoms with van der Waals surface area (Å²) in [6, 6.07) is 5.43. The third-order valence-electron chi connectivity index (χ3n) is 9.49. The summed E-state index contributed by atoms with van der Waals surface area (Å²) < 4.78 is 11.4. The number of methoxy groups -OCH3 is 1. The molecule has 5 rings (SSSR count). The molecule has 1 aromatic rings. The molecule has 35 heavy (non-hydrogen) atoms. The first-order valence-electron chi connectivity index (χ1n) is 12.8. The van der Waals surface area contributed by atoms with Crippen LogP contribution < -0.4 is 9.47 Å². The van der Waals surface area contributed by atoms with Crippen molar-refractivity contribution in [1.29, 1.82) is 0 Å².